The largest absolute Gasteiger partial charge is 0.326 e. The van der Waals surface area contributed by atoms with Gasteiger partial charge in [-0.1, -0.05) is 57.4 Å². The fourth-order valence-electron chi connectivity index (χ4n) is 6.01. The van der Waals surface area contributed by atoms with Crippen molar-refractivity contribution in [1.82, 2.24) is 0 Å². The maximum absolute atomic E-state index is 6.54. The van der Waals surface area contributed by atoms with E-state index in [1.165, 1.54) is 56.1 Å². The monoisotopic (exact) mass is 398 g/mol. The van der Waals surface area contributed by atoms with E-state index >= 15 is 0 Å². The minimum absolute atomic E-state index is 0.216. The Kier molecular flexibility index (Phi) is 6.57. The molecule has 2 aliphatic carbocycles. The maximum Gasteiger partial charge on any atom is 0.0167 e. The summed E-state index contributed by atoms with van der Waals surface area (Å²) in [5, 5.41) is 0. The summed E-state index contributed by atoms with van der Waals surface area (Å²) in [7, 11) is 0. The van der Waals surface area contributed by atoms with E-state index in [1.54, 1.807) is 0 Å². The lowest BCUT2D eigenvalue weighted by Gasteiger charge is -2.50. The summed E-state index contributed by atoms with van der Waals surface area (Å²) in [6.07, 6.45) is 10.9. The Bertz CT molecular complexity index is 647. The Morgan fingerprint density at radius 1 is 0.828 bits per heavy atom. The van der Waals surface area contributed by atoms with Crippen LogP contribution in [0.3, 0.4) is 0 Å². The highest BCUT2D eigenvalue weighted by atomic mass is 14.8. The van der Waals surface area contributed by atoms with Crippen LogP contribution in [0.25, 0.3) is 0 Å². The van der Waals surface area contributed by atoms with Crippen LogP contribution in [-0.4, -0.2) is 11.1 Å². The van der Waals surface area contributed by atoms with Gasteiger partial charge in [-0.05, 0) is 94.1 Å². The van der Waals surface area contributed by atoms with Crippen LogP contribution in [-0.2, 0) is 0 Å². The van der Waals surface area contributed by atoms with Crippen LogP contribution < -0.4 is 11.5 Å². The third-order valence-electron chi connectivity index (χ3n) is 8.29. The van der Waals surface area contributed by atoms with Crippen molar-refractivity contribution in [1.29, 1.82) is 0 Å². The molecule has 1 unspecified atom stereocenters. The van der Waals surface area contributed by atoms with E-state index in [9.17, 15) is 0 Å². The molecule has 2 nitrogen and oxygen atoms in total. The molecule has 0 aromatic heterocycles. The van der Waals surface area contributed by atoms with E-state index in [4.69, 9.17) is 11.5 Å². The molecule has 1 aromatic carbocycles. The Labute approximate surface area is 180 Å². The van der Waals surface area contributed by atoms with Gasteiger partial charge in [-0.25, -0.2) is 0 Å². The maximum atomic E-state index is 6.54. The van der Waals surface area contributed by atoms with Crippen molar-refractivity contribution in [2.24, 2.45) is 28.7 Å². The molecule has 0 saturated heterocycles. The van der Waals surface area contributed by atoms with E-state index in [-0.39, 0.29) is 17.0 Å². The van der Waals surface area contributed by atoms with E-state index in [1.807, 2.05) is 0 Å². The molecule has 2 fully saturated rings. The van der Waals surface area contributed by atoms with Gasteiger partial charge in [0, 0.05) is 17.0 Å². The molecule has 164 valence electrons. The molecule has 0 amide bonds. The highest BCUT2D eigenvalue weighted by molar-refractivity contribution is 5.31. The molecule has 0 radical (unpaired) electrons. The van der Waals surface area contributed by atoms with Crippen molar-refractivity contribution in [2.75, 3.05) is 0 Å². The van der Waals surface area contributed by atoms with Gasteiger partial charge in [0.15, 0.2) is 0 Å². The number of hydrogen-bond acceptors (Lipinski definition) is 2. The standard InChI is InChI=1S/C27H46N2/c1-25(2,28)18-24(27(5,6)29)20-14-12-19(13-15-20)21-16-23(17-21)26(3,4)22-10-8-7-9-11-22/h12-15,21-24H,7-11,16-18,28-29H2,1-6H3. The summed E-state index contributed by atoms with van der Waals surface area (Å²) in [6.45, 7) is 13.6. The van der Waals surface area contributed by atoms with Crippen molar-refractivity contribution in [3.05, 3.63) is 35.4 Å². The first-order valence-corrected chi connectivity index (χ1v) is 12.1. The van der Waals surface area contributed by atoms with Crippen molar-refractivity contribution in [3.63, 3.8) is 0 Å². The second-order valence-electron chi connectivity index (χ2n) is 12.3. The van der Waals surface area contributed by atoms with Gasteiger partial charge in [0.25, 0.3) is 0 Å². The molecule has 2 heteroatoms. The molecule has 1 aromatic rings. The third kappa shape index (κ3) is 5.44. The van der Waals surface area contributed by atoms with Crippen LogP contribution >= 0.6 is 0 Å². The van der Waals surface area contributed by atoms with Crippen LogP contribution in [0.5, 0.6) is 0 Å². The van der Waals surface area contributed by atoms with E-state index < -0.39 is 0 Å². The molecule has 4 N–H and O–H groups in total. The van der Waals surface area contributed by atoms with Crippen LogP contribution in [0.2, 0.25) is 0 Å². The van der Waals surface area contributed by atoms with Gasteiger partial charge in [0.05, 0.1) is 0 Å². The van der Waals surface area contributed by atoms with Crippen molar-refractivity contribution >= 4 is 0 Å². The summed E-state index contributed by atoms with van der Waals surface area (Å²) in [6, 6.07) is 9.37. The lowest BCUT2D eigenvalue weighted by Crippen LogP contribution is -2.45. The fourth-order valence-corrected chi connectivity index (χ4v) is 6.01. The Hall–Kier alpha value is -0.860. The zero-order valence-corrected chi connectivity index (χ0v) is 19.9. The molecule has 0 heterocycles. The fraction of sp³-hybridized carbons (Fsp3) is 0.778. The van der Waals surface area contributed by atoms with Gasteiger partial charge in [0.1, 0.15) is 0 Å². The van der Waals surface area contributed by atoms with Gasteiger partial charge < -0.3 is 11.5 Å². The van der Waals surface area contributed by atoms with Gasteiger partial charge in [-0.15, -0.1) is 0 Å². The average Bonchev–Trinajstić information content (AvgIpc) is 2.58. The highest BCUT2D eigenvalue weighted by Gasteiger charge is 2.44. The first kappa shape index (κ1) is 22.8. The second kappa shape index (κ2) is 8.35. The Morgan fingerprint density at radius 3 is 1.86 bits per heavy atom. The summed E-state index contributed by atoms with van der Waals surface area (Å²) < 4.78 is 0. The average molecular weight is 399 g/mol. The Balaban J connectivity index is 1.64. The highest BCUT2D eigenvalue weighted by Crippen LogP contribution is 2.55. The molecule has 2 aliphatic rings. The van der Waals surface area contributed by atoms with Gasteiger partial charge >= 0.3 is 0 Å². The predicted octanol–water partition coefficient (Wildman–Crippen LogP) is 6.74. The third-order valence-corrected chi connectivity index (χ3v) is 8.29. The lowest BCUT2D eigenvalue weighted by molar-refractivity contribution is 0.0219. The molecule has 0 aliphatic heterocycles. The van der Waals surface area contributed by atoms with E-state index in [0.717, 1.165) is 24.2 Å². The minimum Gasteiger partial charge on any atom is -0.326 e. The van der Waals surface area contributed by atoms with Crippen molar-refractivity contribution < 1.29 is 0 Å². The SMILES string of the molecule is CC(C)(N)CC(c1ccc(C2CC(C(C)(C)C3CCCCC3)C2)cc1)C(C)(C)N. The normalized spacial score (nSPS) is 25.5. The summed E-state index contributed by atoms with van der Waals surface area (Å²) in [5.41, 5.74) is 15.7. The molecule has 29 heavy (non-hydrogen) atoms. The van der Waals surface area contributed by atoms with E-state index in [2.05, 4.69) is 65.8 Å². The summed E-state index contributed by atoms with van der Waals surface area (Å²) in [5.74, 6) is 2.85. The van der Waals surface area contributed by atoms with Gasteiger partial charge in [-0.3, -0.25) is 0 Å². The zero-order chi connectivity index (χ0) is 21.4. The van der Waals surface area contributed by atoms with E-state index in [0.29, 0.717) is 5.41 Å². The van der Waals surface area contributed by atoms with Crippen molar-refractivity contribution in [3.8, 4) is 0 Å². The number of nitrogens with two attached hydrogens (primary N) is 2. The van der Waals surface area contributed by atoms with Crippen LogP contribution in [0.1, 0.15) is 116 Å². The minimum atomic E-state index is -0.274. The van der Waals surface area contributed by atoms with Crippen LogP contribution in [0.15, 0.2) is 24.3 Å². The van der Waals surface area contributed by atoms with Gasteiger partial charge in [-0.2, -0.15) is 0 Å². The molecule has 3 rings (SSSR count). The first-order valence-electron chi connectivity index (χ1n) is 12.1. The molecule has 2 saturated carbocycles. The number of benzene rings is 1. The lowest BCUT2D eigenvalue weighted by atomic mass is 9.54. The quantitative estimate of drug-likeness (QED) is 0.534. The second-order valence-corrected chi connectivity index (χ2v) is 12.3. The molecule has 0 spiro atoms. The topological polar surface area (TPSA) is 52.0 Å². The molecular formula is C27H46N2. The number of hydrogen-bond donors (Lipinski definition) is 2. The zero-order valence-electron chi connectivity index (χ0n) is 19.9. The van der Waals surface area contributed by atoms with Crippen LogP contribution in [0, 0.1) is 17.3 Å². The summed E-state index contributed by atoms with van der Waals surface area (Å²) >= 11 is 0. The van der Waals surface area contributed by atoms with Gasteiger partial charge in [0.2, 0.25) is 0 Å². The first-order chi connectivity index (χ1) is 13.4. The van der Waals surface area contributed by atoms with Crippen molar-refractivity contribution in [2.45, 2.75) is 116 Å². The Morgan fingerprint density at radius 2 is 1.38 bits per heavy atom. The number of rotatable bonds is 7. The predicted molar refractivity (Wildman–Crippen MR) is 126 cm³/mol. The summed E-state index contributed by atoms with van der Waals surface area (Å²) in [4.78, 5) is 0. The van der Waals surface area contributed by atoms with Crippen LogP contribution in [0.4, 0.5) is 0 Å². The molecular weight excluding hydrogens is 352 g/mol. The smallest absolute Gasteiger partial charge is 0.0167 e. The molecule has 0 bridgehead atoms. The molecule has 1 atom stereocenters.